The van der Waals surface area contributed by atoms with Gasteiger partial charge in [0.1, 0.15) is 17.3 Å². The van der Waals surface area contributed by atoms with Gasteiger partial charge in [-0.1, -0.05) is 0 Å². The highest BCUT2D eigenvalue weighted by Crippen LogP contribution is 2.30. The number of piperidine rings is 1. The van der Waals surface area contributed by atoms with E-state index in [0.717, 1.165) is 12.1 Å². The third-order valence-corrected chi connectivity index (χ3v) is 4.11. The van der Waals surface area contributed by atoms with Gasteiger partial charge >= 0.3 is 5.97 Å². The van der Waals surface area contributed by atoms with Crippen LogP contribution in [0.25, 0.3) is 0 Å². The molecule has 0 atom stereocenters. The maximum absolute atomic E-state index is 14.2. The third kappa shape index (κ3) is 4.27. The highest BCUT2D eigenvalue weighted by Gasteiger charge is 2.26. The molecule has 0 spiro atoms. The number of ketones is 1. The van der Waals surface area contributed by atoms with Gasteiger partial charge in [-0.3, -0.25) is 9.59 Å². The number of halogens is 2. The molecule has 126 valence electrons. The Labute approximate surface area is 134 Å². The van der Waals surface area contributed by atoms with Gasteiger partial charge < -0.3 is 9.64 Å². The fourth-order valence-corrected chi connectivity index (χ4v) is 2.89. The lowest BCUT2D eigenvalue weighted by atomic mass is 9.93. The summed E-state index contributed by atoms with van der Waals surface area (Å²) in [5, 5.41) is 0. The van der Waals surface area contributed by atoms with Crippen LogP contribution < -0.4 is 4.90 Å². The van der Waals surface area contributed by atoms with E-state index in [1.165, 1.54) is 6.92 Å². The molecule has 0 amide bonds. The van der Waals surface area contributed by atoms with Crippen molar-refractivity contribution in [1.82, 2.24) is 0 Å². The molecule has 1 aromatic carbocycles. The van der Waals surface area contributed by atoms with Gasteiger partial charge in [-0.15, -0.1) is 0 Å². The maximum Gasteiger partial charge on any atom is 0.306 e. The largest absolute Gasteiger partial charge is 0.466 e. The second kappa shape index (κ2) is 7.53. The van der Waals surface area contributed by atoms with E-state index in [-0.39, 0.29) is 28.9 Å². The zero-order valence-electron chi connectivity index (χ0n) is 13.4. The fourth-order valence-electron chi connectivity index (χ4n) is 2.89. The Bertz CT molecular complexity index is 572. The van der Waals surface area contributed by atoms with Crippen molar-refractivity contribution in [2.75, 3.05) is 24.6 Å². The molecule has 0 aromatic heterocycles. The van der Waals surface area contributed by atoms with Crippen LogP contribution in [0.4, 0.5) is 14.5 Å². The minimum atomic E-state index is -0.723. The number of carbonyl (C=O) groups is 2. The van der Waals surface area contributed by atoms with Crippen LogP contribution in [0.15, 0.2) is 12.1 Å². The Morgan fingerprint density at radius 3 is 2.26 bits per heavy atom. The van der Waals surface area contributed by atoms with Crippen molar-refractivity contribution in [2.45, 2.75) is 33.1 Å². The molecule has 0 radical (unpaired) electrons. The maximum atomic E-state index is 14.2. The number of anilines is 1. The van der Waals surface area contributed by atoms with Crippen molar-refractivity contribution >= 4 is 17.4 Å². The standard InChI is InChI=1S/C17H21F2NO3/c1-3-23-16(22)8-12-4-6-20(7-5-12)17-14(18)9-13(11(2)21)10-15(17)19/h9-10,12H,3-8H2,1-2H3. The number of ether oxygens (including phenoxy) is 1. The molecule has 23 heavy (non-hydrogen) atoms. The third-order valence-electron chi connectivity index (χ3n) is 4.11. The normalized spacial score (nSPS) is 15.6. The quantitative estimate of drug-likeness (QED) is 0.615. The van der Waals surface area contributed by atoms with Gasteiger partial charge in [-0.25, -0.2) is 8.78 Å². The fraction of sp³-hybridized carbons (Fsp3) is 0.529. The second-order valence-electron chi connectivity index (χ2n) is 5.78. The Morgan fingerprint density at radius 2 is 1.78 bits per heavy atom. The lowest BCUT2D eigenvalue weighted by Crippen LogP contribution is -2.35. The van der Waals surface area contributed by atoms with E-state index < -0.39 is 11.6 Å². The zero-order valence-corrected chi connectivity index (χ0v) is 13.4. The molecule has 1 fully saturated rings. The summed E-state index contributed by atoms with van der Waals surface area (Å²) in [5.74, 6) is -1.87. The number of rotatable bonds is 5. The lowest BCUT2D eigenvalue weighted by Gasteiger charge is -2.33. The van der Waals surface area contributed by atoms with Crippen LogP contribution >= 0.6 is 0 Å². The van der Waals surface area contributed by atoms with Gasteiger partial charge in [0.15, 0.2) is 5.78 Å². The van der Waals surface area contributed by atoms with Crippen LogP contribution in [0, 0.1) is 17.6 Å². The first-order valence-corrected chi connectivity index (χ1v) is 7.83. The predicted molar refractivity (Wildman–Crippen MR) is 82.5 cm³/mol. The Morgan fingerprint density at radius 1 is 1.22 bits per heavy atom. The molecule has 0 aliphatic carbocycles. The van der Waals surface area contributed by atoms with Crippen LogP contribution in [-0.4, -0.2) is 31.4 Å². The van der Waals surface area contributed by atoms with E-state index in [4.69, 9.17) is 4.74 Å². The topological polar surface area (TPSA) is 46.6 Å². The number of hydrogen-bond donors (Lipinski definition) is 0. The monoisotopic (exact) mass is 325 g/mol. The van der Waals surface area contributed by atoms with E-state index in [2.05, 4.69) is 0 Å². The number of Topliss-reactive ketones (excluding diaryl/α,β-unsaturated/α-hetero) is 1. The lowest BCUT2D eigenvalue weighted by molar-refractivity contribution is -0.144. The van der Waals surface area contributed by atoms with Crippen molar-refractivity contribution in [3.8, 4) is 0 Å². The minimum Gasteiger partial charge on any atom is -0.466 e. The molecule has 1 aromatic rings. The summed E-state index contributed by atoms with van der Waals surface area (Å²) in [6.45, 7) is 4.33. The molecule has 1 heterocycles. The first-order chi connectivity index (χ1) is 10.9. The molecule has 0 bridgehead atoms. The van der Waals surface area contributed by atoms with Gasteiger partial charge in [0, 0.05) is 25.1 Å². The molecule has 1 aliphatic heterocycles. The van der Waals surface area contributed by atoms with Crippen LogP contribution in [-0.2, 0) is 9.53 Å². The number of benzene rings is 1. The number of hydrogen-bond acceptors (Lipinski definition) is 4. The molecule has 2 rings (SSSR count). The smallest absolute Gasteiger partial charge is 0.306 e. The molecular weight excluding hydrogens is 304 g/mol. The SMILES string of the molecule is CCOC(=O)CC1CCN(c2c(F)cc(C(C)=O)cc2F)CC1. The molecular formula is C17H21F2NO3. The van der Waals surface area contributed by atoms with Gasteiger partial charge in [-0.2, -0.15) is 0 Å². The Hall–Kier alpha value is -1.98. The van der Waals surface area contributed by atoms with Gasteiger partial charge in [0.05, 0.1) is 6.61 Å². The second-order valence-corrected chi connectivity index (χ2v) is 5.78. The summed E-state index contributed by atoms with van der Waals surface area (Å²) in [4.78, 5) is 24.4. The summed E-state index contributed by atoms with van der Waals surface area (Å²) in [6, 6.07) is 2.15. The average molecular weight is 325 g/mol. The van der Waals surface area contributed by atoms with Crippen LogP contribution in [0.2, 0.25) is 0 Å². The van der Waals surface area contributed by atoms with Gasteiger partial charge in [-0.05, 0) is 44.7 Å². The van der Waals surface area contributed by atoms with Crippen LogP contribution in [0.5, 0.6) is 0 Å². The van der Waals surface area contributed by atoms with Gasteiger partial charge in [0.25, 0.3) is 0 Å². The molecule has 4 nitrogen and oxygen atoms in total. The molecule has 1 aliphatic rings. The van der Waals surface area contributed by atoms with E-state index >= 15 is 0 Å². The molecule has 0 unspecified atom stereocenters. The number of esters is 1. The molecule has 1 saturated heterocycles. The number of nitrogens with zero attached hydrogens (tertiary/aromatic N) is 1. The minimum absolute atomic E-state index is 0.0287. The molecule has 0 saturated carbocycles. The van der Waals surface area contributed by atoms with Crippen molar-refractivity contribution in [1.29, 1.82) is 0 Å². The van der Waals surface area contributed by atoms with Gasteiger partial charge in [0.2, 0.25) is 0 Å². The number of carbonyl (C=O) groups excluding carboxylic acids is 2. The first kappa shape index (κ1) is 17.4. The van der Waals surface area contributed by atoms with Crippen molar-refractivity contribution in [3.63, 3.8) is 0 Å². The zero-order chi connectivity index (χ0) is 17.0. The van der Waals surface area contributed by atoms with E-state index in [9.17, 15) is 18.4 Å². The summed E-state index contributed by atoms with van der Waals surface area (Å²) >= 11 is 0. The molecule has 0 N–H and O–H groups in total. The van der Waals surface area contributed by atoms with E-state index in [1.807, 2.05) is 0 Å². The summed E-state index contributed by atoms with van der Waals surface area (Å²) in [7, 11) is 0. The highest BCUT2D eigenvalue weighted by atomic mass is 19.1. The van der Waals surface area contributed by atoms with E-state index in [1.54, 1.807) is 11.8 Å². The Kier molecular flexibility index (Phi) is 5.69. The average Bonchev–Trinajstić information content (AvgIpc) is 2.48. The summed E-state index contributed by atoms with van der Waals surface area (Å²) in [5.41, 5.74) is -0.0643. The Balaban J connectivity index is 2.03. The van der Waals surface area contributed by atoms with E-state index in [0.29, 0.717) is 39.0 Å². The summed E-state index contributed by atoms with van der Waals surface area (Å²) in [6.07, 6.45) is 1.69. The predicted octanol–water partition coefficient (Wildman–Crippen LogP) is 3.34. The van der Waals surface area contributed by atoms with Crippen molar-refractivity contribution in [2.24, 2.45) is 5.92 Å². The molecule has 6 heteroatoms. The van der Waals surface area contributed by atoms with Crippen molar-refractivity contribution in [3.05, 3.63) is 29.3 Å². The first-order valence-electron chi connectivity index (χ1n) is 7.83. The highest BCUT2D eigenvalue weighted by molar-refractivity contribution is 5.94. The van der Waals surface area contributed by atoms with Crippen LogP contribution in [0.1, 0.15) is 43.5 Å². The van der Waals surface area contributed by atoms with Crippen molar-refractivity contribution < 1.29 is 23.1 Å². The van der Waals surface area contributed by atoms with Crippen LogP contribution in [0.3, 0.4) is 0 Å². The summed E-state index contributed by atoms with van der Waals surface area (Å²) < 4.78 is 33.2.